The van der Waals surface area contributed by atoms with Gasteiger partial charge in [0.05, 0.1) is 6.10 Å². The molecule has 4 aromatic carbocycles. The van der Waals surface area contributed by atoms with Crippen LogP contribution in [0, 0.1) is 0 Å². The number of alkyl carbamates (subject to hydrolysis) is 1. The molecule has 3 heterocycles. The monoisotopic (exact) mass is 784 g/mol. The van der Waals surface area contributed by atoms with Gasteiger partial charge in [-0.05, 0) is 106 Å². The highest BCUT2D eigenvalue weighted by atomic mass is 16.6. The number of carbonyl (C=O) groups is 5. The van der Waals surface area contributed by atoms with Crippen LogP contribution in [0.15, 0.2) is 114 Å². The maximum atomic E-state index is 13.9. The Labute approximate surface area is 337 Å². The molecule has 5 amide bonds. The van der Waals surface area contributed by atoms with E-state index >= 15 is 0 Å². The Morgan fingerprint density at radius 3 is 1.78 bits per heavy atom. The van der Waals surface area contributed by atoms with Crippen LogP contribution in [0.2, 0.25) is 0 Å². The van der Waals surface area contributed by atoms with E-state index in [-0.39, 0.29) is 29.7 Å². The number of benzene rings is 4. The van der Waals surface area contributed by atoms with Crippen molar-refractivity contribution in [2.45, 2.75) is 69.8 Å². The van der Waals surface area contributed by atoms with Crippen molar-refractivity contribution in [1.82, 2.24) is 20.4 Å². The van der Waals surface area contributed by atoms with Crippen molar-refractivity contribution >= 4 is 52.1 Å². The minimum Gasteiger partial charge on any atom is -0.456 e. The van der Waals surface area contributed by atoms with Crippen LogP contribution in [0.1, 0.15) is 62.7 Å². The first-order valence-corrected chi connectivity index (χ1v) is 19.7. The number of fused-ring (bicyclic) bond motifs is 1. The van der Waals surface area contributed by atoms with E-state index in [9.17, 15) is 24.0 Å². The number of hydrogen-bond donors (Lipinski definition) is 4. The summed E-state index contributed by atoms with van der Waals surface area (Å²) in [7, 11) is 1.75. The summed E-state index contributed by atoms with van der Waals surface area (Å²) in [6, 6.07) is 30.1. The van der Waals surface area contributed by atoms with Gasteiger partial charge >= 0.3 is 6.09 Å². The number of anilines is 2. The van der Waals surface area contributed by atoms with Gasteiger partial charge in [0.1, 0.15) is 35.5 Å². The van der Waals surface area contributed by atoms with Gasteiger partial charge in [0.25, 0.3) is 5.91 Å². The van der Waals surface area contributed by atoms with E-state index < -0.39 is 30.3 Å². The molecule has 2 aliphatic rings. The van der Waals surface area contributed by atoms with Crippen molar-refractivity contribution in [2.24, 2.45) is 0 Å². The van der Waals surface area contributed by atoms with Gasteiger partial charge in [0.2, 0.25) is 17.7 Å². The van der Waals surface area contributed by atoms with E-state index in [1.54, 1.807) is 74.3 Å². The van der Waals surface area contributed by atoms with Gasteiger partial charge < -0.3 is 40.2 Å². The van der Waals surface area contributed by atoms with Gasteiger partial charge in [0, 0.05) is 35.4 Å². The molecule has 58 heavy (non-hydrogen) atoms. The number of furan rings is 1. The molecule has 2 saturated heterocycles. The van der Waals surface area contributed by atoms with Crippen LogP contribution in [0.5, 0.6) is 0 Å². The maximum absolute atomic E-state index is 13.9. The SMILES string of the molecule is CN[C@@H](C(=O)N1CCC[C@H]1C(=O)Nc1ccc2oc(-c3ccc(NC(=O)[C@@H]4CCCN4C(=O)[C@H](NC(=O)OC(C)C)c4ccccc4)cc3)cc2c1)c1ccccc1. The smallest absolute Gasteiger partial charge is 0.408 e. The molecule has 0 unspecified atom stereocenters. The zero-order valence-corrected chi connectivity index (χ0v) is 32.8. The lowest BCUT2D eigenvalue weighted by molar-refractivity contribution is -0.138. The molecule has 0 spiro atoms. The van der Waals surface area contributed by atoms with Gasteiger partial charge in [-0.1, -0.05) is 60.7 Å². The summed E-state index contributed by atoms with van der Waals surface area (Å²) < 4.78 is 11.4. The number of ether oxygens (including phenoxy) is 1. The van der Waals surface area contributed by atoms with E-state index in [1.807, 2.05) is 60.7 Å². The molecule has 0 aliphatic carbocycles. The molecule has 0 saturated carbocycles. The zero-order chi connectivity index (χ0) is 40.8. The number of likely N-dealkylation sites (N-methyl/N-ethyl adjacent to an activating group) is 1. The molecular formula is C45H48N6O7. The van der Waals surface area contributed by atoms with E-state index in [0.29, 0.717) is 60.6 Å². The molecule has 5 aromatic rings. The number of carbonyl (C=O) groups excluding carboxylic acids is 5. The van der Waals surface area contributed by atoms with Crippen molar-refractivity contribution < 1.29 is 33.1 Å². The third kappa shape index (κ3) is 8.89. The van der Waals surface area contributed by atoms with Gasteiger partial charge in [-0.3, -0.25) is 19.2 Å². The predicted octanol–water partition coefficient (Wildman–Crippen LogP) is 6.80. The Bertz CT molecular complexity index is 2260. The third-order valence-electron chi connectivity index (χ3n) is 10.6. The van der Waals surface area contributed by atoms with Crippen LogP contribution < -0.4 is 21.3 Å². The lowest BCUT2D eigenvalue weighted by atomic mass is 10.0. The first kappa shape index (κ1) is 39.8. The Hall–Kier alpha value is -6.47. The summed E-state index contributed by atoms with van der Waals surface area (Å²) in [5, 5.41) is 12.6. The van der Waals surface area contributed by atoms with Crippen LogP contribution in [0.4, 0.5) is 16.2 Å². The fraction of sp³-hybridized carbons (Fsp3) is 0.311. The molecule has 0 bridgehead atoms. The Morgan fingerprint density at radius 2 is 1.21 bits per heavy atom. The van der Waals surface area contributed by atoms with Crippen LogP contribution in [-0.4, -0.2) is 77.8 Å². The fourth-order valence-electron chi connectivity index (χ4n) is 7.75. The summed E-state index contributed by atoms with van der Waals surface area (Å²) in [6.45, 7) is 4.34. The fourth-order valence-corrected chi connectivity index (χ4v) is 7.75. The average Bonchev–Trinajstić information content (AvgIpc) is 4.01. The molecule has 4 atom stereocenters. The minimum absolute atomic E-state index is 0.130. The number of rotatable bonds is 12. The Kier molecular flexibility index (Phi) is 12.2. The molecule has 2 fully saturated rings. The highest BCUT2D eigenvalue weighted by molar-refractivity contribution is 6.01. The molecule has 300 valence electrons. The van der Waals surface area contributed by atoms with Gasteiger partial charge in [-0.2, -0.15) is 0 Å². The summed E-state index contributed by atoms with van der Waals surface area (Å²) in [4.78, 5) is 70.3. The topological polar surface area (TPSA) is 162 Å². The average molecular weight is 785 g/mol. The second kappa shape index (κ2) is 17.8. The van der Waals surface area contributed by atoms with E-state index in [4.69, 9.17) is 9.15 Å². The lowest BCUT2D eigenvalue weighted by Crippen LogP contribution is -2.48. The van der Waals surface area contributed by atoms with Gasteiger partial charge in [-0.25, -0.2) is 4.79 Å². The molecule has 13 heteroatoms. The molecule has 2 aliphatic heterocycles. The maximum Gasteiger partial charge on any atom is 0.408 e. The number of amides is 5. The van der Waals surface area contributed by atoms with Crippen molar-refractivity contribution in [3.05, 3.63) is 120 Å². The van der Waals surface area contributed by atoms with Crippen LogP contribution >= 0.6 is 0 Å². The quantitative estimate of drug-likeness (QED) is 0.108. The van der Waals surface area contributed by atoms with Crippen molar-refractivity contribution in [3.8, 4) is 11.3 Å². The molecule has 0 radical (unpaired) electrons. The number of likely N-dealkylation sites (tertiary alicyclic amines) is 2. The summed E-state index contributed by atoms with van der Waals surface area (Å²) in [5.41, 5.74) is 4.00. The summed E-state index contributed by atoms with van der Waals surface area (Å²) in [5.74, 6) is -0.472. The van der Waals surface area contributed by atoms with Crippen molar-refractivity contribution in [3.63, 3.8) is 0 Å². The third-order valence-corrected chi connectivity index (χ3v) is 10.6. The molecule has 13 nitrogen and oxygen atoms in total. The minimum atomic E-state index is -1.01. The van der Waals surface area contributed by atoms with Crippen LogP contribution in [0.25, 0.3) is 22.3 Å². The highest BCUT2D eigenvalue weighted by Gasteiger charge is 2.39. The summed E-state index contributed by atoms with van der Waals surface area (Å²) in [6.07, 6.45) is 1.37. The zero-order valence-electron chi connectivity index (χ0n) is 32.8. The van der Waals surface area contributed by atoms with Crippen molar-refractivity contribution in [1.29, 1.82) is 0 Å². The second-order valence-corrected chi connectivity index (χ2v) is 14.9. The van der Waals surface area contributed by atoms with Crippen LogP contribution in [-0.2, 0) is 23.9 Å². The van der Waals surface area contributed by atoms with Crippen LogP contribution in [0.3, 0.4) is 0 Å². The predicted molar refractivity (Wildman–Crippen MR) is 221 cm³/mol. The van der Waals surface area contributed by atoms with Gasteiger partial charge in [-0.15, -0.1) is 0 Å². The molecular weight excluding hydrogens is 737 g/mol. The normalized spacial score (nSPS) is 17.5. The summed E-state index contributed by atoms with van der Waals surface area (Å²) >= 11 is 0. The van der Waals surface area contributed by atoms with E-state index in [1.165, 1.54) is 4.90 Å². The number of nitrogens with zero attached hydrogens (tertiary/aromatic N) is 2. The first-order valence-electron chi connectivity index (χ1n) is 19.7. The lowest BCUT2D eigenvalue weighted by Gasteiger charge is -2.29. The number of hydrogen-bond acceptors (Lipinski definition) is 8. The van der Waals surface area contributed by atoms with E-state index in [2.05, 4.69) is 21.3 Å². The molecule has 4 N–H and O–H groups in total. The van der Waals surface area contributed by atoms with Crippen molar-refractivity contribution in [2.75, 3.05) is 30.8 Å². The second-order valence-electron chi connectivity index (χ2n) is 14.9. The first-order chi connectivity index (χ1) is 28.1. The largest absolute Gasteiger partial charge is 0.456 e. The Balaban J connectivity index is 0.985. The standard InChI is InChI=1S/C45H48N6O7/c1-28(2)57-45(56)49-40(31-14-8-5-9-15-31)44(55)51-25-11-16-35(51)41(52)47-33-20-18-29(19-21-33)38-27-32-26-34(22-23-37(32)58-38)48-42(53)36-17-10-24-50(36)43(54)39(46-3)30-12-6-4-7-13-30/h4-9,12-15,18-23,26-28,35-36,39-40,46H,10-11,16-17,24-25H2,1-3H3,(H,47,52)(H,48,53)(H,49,56)/t35-,36-,39+,40+/m0/s1. The Morgan fingerprint density at radius 1 is 0.672 bits per heavy atom. The highest BCUT2D eigenvalue weighted by Crippen LogP contribution is 2.32. The molecule has 7 rings (SSSR count). The van der Waals surface area contributed by atoms with E-state index in [0.717, 1.165) is 22.9 Å². The molecule has 1 aromatic heterocycles. The number of nitrogens with one attached hydrogen (secondary N) is 4. The van der Waals surface area contributed by atoms with Gasteiger partial charge in [0.15, 0.2) is 0 Å².